The smallest absolute Gasteiger partial charge is 0.124 e. The van der Waals surface area contributed by atoms with Crippen LogP contribution in [0.1, 0.15) is 30.5 Å². The third-order valence-electron chi connectivity index (χ3n) is 2.69. The minimum Gasteiger partial charge on any atom is -0.365 e. The predicted octanol–water partition coefficient (Wildman–Crippen LogP) is 3.41. The summed E-state index contributed by atoms with van der Waals surface area (Å²) in [6.45, 7) is 2.25. The molecular weight excluding hydrogens is 186 g/mol. The van der Waals surface area contributed by atoms with Gasteiger partial charge in [-0.2, -0.15) is 0 Å². The van der Waals surface area contributed by atoms with E-state index < -0.39 is 0 Å². The first-order valence-electron chi connectivity index (χ1n) is 5.30. The van der Waals surface area contributed by atoms with E-state index in [-0.39, 0.29) is 0 Å². The molecule has 0 fully saturated rings. The zero-order valence-electron chi connectivity index (χ0n) is 8.89. The van der Waals surface area contributed by atoms with Crippen molar-refractivity contribution in [2.75, 3.05) is 0 Å². The maximum Gasteiger partial charge on any atom is 0.124 e. The third kappa shape index (κ3) is 2.69. The molecule has 2 heteroatoms. The van der Waals surface area contributed by atoms with Crippen molar-refractivity contribution < 1.29 is 4.52 Å². The van der Waals surface area contributed by atoms with Gasteiger partial charge in [0.1, 0.15) is 6.26 Å². The molecule has 1 aromatic heterocycles. The molecule has 1 atom stereocenters. The summed E-state index contributed by atoms with van der Waals surface area (Å²) in [5.41, 5.74) is 2.43. The van der Waals surface area contributed by atoms with Crippen molar-refractivity contribution >= 4 is 0 Å². The molecule has 0 aliphatic heterocycles. The van der Waals surface area contributed by atoms with Gasteiger partial charge >= 0.3 is 0 Å². The standard InChI is InChI=1S/C13H15NO/c1-11(12-5-3-2-4-6-12)7-8-13-9-10-15-14-13/h2-6,9-11H,7-8H2,1H3. The van der Waals surface area contributed by atoms with Crippen LogP contribution in [0.2, 0.25) is 0 Å². The van der Waals surface area contributed by atoms with E-state index in [1.807, 2.05) is 12.1 Å². The van der Waals surface area contributed by atoms with Gasteiger partial charge in [0.2, 0.25) is 0 Å². The maximum absolute atomic E-state index is 4.80. The van der Waals surface area contributed by atoms with E-state index in [0.717, 1.165) is 18.5 Å². The molecule has 0 saturated heterocycles. The summed E-state index contributed by atoms with van der Waals surface area (Å²) in [6.07, 6.45) is 3.71. The van der Waals surface area contributed by atoms with E-state index in [2.05, 4.69) is 36.3 Å². The lowest BCUT2D eigenvalue weighted by Gasteiger charge is -2.09. The van der Waals surface area contributed by atoms with Gasteiger partial charge in [0.15, 0.2) is 0 Å². The molecule has 1 unspecified atom stereocenters. The van der Waals surface area contributed by atoms with Gasteiger partial charge in [-0.1, -0.05) is 42.4 Å². The summed E-state index contributed by atoms with van der Waals surface area (Å²) in [5, 5.41) is 3.91. The first kappa shape index (κ1) is 9.97. The number of aromatic nitrogens is 1. The number of aryl methyl sites for hydroxylation is 1. The summed E-state index contributed by atoms with van der Waals surface area (Å²) in [4.78, 5) is 0. The highest BCUT2D eigenvalue weighted by atomic mass is 16.5. The lowest BCUT2D eigenvalue weighted by atomic mass is 9.96. The van der Waals surface area contributed by atoms with Gasteiger partial charge < -0.3 is 4.52 Å². The van der Waals surface area contributed by atoms with Gasteiger partial charge in [-0.05, 0) is 24.3 Å². The molecule has 0 N–H and O–H groups in total. The molecule has 1 aromatic carbocycles. The van der Waals surface area contributed by atoms with Crippen LogP contribution in [0.4, 0.5) is 0 Å². The normalized spacial score (nSPS) is 12.6. The van der Waals surface area contributed by atoms with E-state index >= 15 is 0 Å². The topological polar surface area (TPSA) is 26.0 Å². The minimum atomic E-state index is 0.572. The van der Waals surface area contributed by atoms with Crippen LogP contribution in [0.3, 0.4) is 0 Å². The van der Waals surface area contributed by atoms with Gasteiger partial charge in [0.25, 0.3) is 0 Å². The van der Waals surface area contributed by atoms with Gasteiger partial charge in [0, 0.05) is 6.07 Å². The van der Waals surface area contributed by atoms with Crippen LogP contribution in [-0.4, -0.2) is 5.16 Å². The quantitative estimate of drug-likeness (QED) is 0.757. The second-order valence-corrected chi connectivity index (χ2v) is 3.84. The minimum absolute atomic E-state index is 0.572. The zero-order valence-corrected chi connectivity index (χ0v) is 8.89. The van der Waals surface area contributed by atoms with E-state index in [1.54, 1.807) is 6.26 Å². The van der Waals surface area contributed by atoms with Crippen LogP contribution in [0.15, 0.2) is 47.2 Å². The van der Waals surface area contributed by atoms with Crippen LogP contribution < -0.4 is 0 Å². The Labute approximate surface area is 89.9 Å². The van der Waals surface area contributed by atoms with Gasteiger partial charge in [0.05, 0.1) is 5.69 Å². The molecule has 0 spiro atoms. The number of hydrogen-bond acceptors (Lipinski definition) is 2. The fourth-order valence-electron chi connectivity index (χ4n) is 1.68. The Morgan fingerprint density at radius 1 is 1.20 bits per heavy atom. The zero-order chi connectivity index (χ0) is 10.5. The lowest BCUT2D eigenvalue weighted by molar-refractivity contribution is 0.410. The average molecular weight is 201 g/mol. The molecule has 2 aromatic rings. The maximum atomic E-state index is 4.80. The van der Waals surface area contributed by atoms with Crippen LogP contribution in [0, 0.1) is 0 Å². The molecule has 78 valence electrons. The van der Waals surface area contributed by atoms with Crippen molar-refractivity contribution in [3.8, 4) is 0 Å². The van der Waals surface area contributed by atoms with Gasteiger partial charge in [-0.15, -0.1) is 0 Å². The molecule has 0 saturated carbocycles. The number of hydrogen-bond donors (Lipinski definition) is 0. The Balaban J connectivity index is 1.90. The Hall–Kier alpha value is -1.57. The highest BCUT2D eigenvalue weighted by Gasteiger charge is 2.06. The van der Waals surface area contributed by atoms with E-state index in [9.17, 15) is 0 Å². The molecular formula is C13H15NO. The molecule has 0 aliphatic carbocycles. The molecule has 15 heavy (non-hydrogen) atoms. The van der Waals surface area contributed by atoms with E-state index in [0.29, 0.717) is 5.92 Å². The molecule has 1 heterocycles. The summed E-state index contributed by atoms with van der Waals surface area (Å²) >= 11 is 0. The highest BCUT2D eigenvalue weighted by molar-refractivity contribution is 5.18. The van der Waals surface area contributed by atoms with Crippen LogP contribution >= 0.6 is 0 Å². The van der Waals surface area contributed by atoms with Gasteiger partial charge in [-0.3, -0.25) is 0 Å². The predicted molar refractivity (Wildman–Crippen MR) is 59.7 cm³/mol. The van der Waals surface area contributed by atoms with Crippen LogP contribution in [0.5, 0.6) is 0 Å². The molecule has 0 aliphatic rings. The van der Waals surface area contributed by atoms with Crippen molar-refractivity contribution in [2.45, 2.75) is 25.7 Å². The van der Waals surface area contributed by atoms with Gasteiger partial charge in [-0.25, -0.2) is 0 Å². The summed E-state index contributed by atoms with van der Waals surface area (Å²) in [6, 6.07) is 12.5. The average Bonchev–Trinajstić information content (AvgIpc) is 2.80. The van der Waals surface area contributed by atoms with Crippen molar-refractivity contribution in [2.24, 2.45) is 0 Å². The number of nitrogens with zero attached hydrogens (tertiary/aromatic N) is 1. The van der Waals surface area contributed by atoms with E-state index in [4.69, 9.17) is 4.52 Å². The Morgan fingerprint density at radius 3 is 2.67 bits per heavy atom. The molecule has 2 nitrogen and oxygen atoms in total. The fraction of sp³-hybridized carbons (Fsp3) is 0.308. The number of benzene rings is 1. The summed E-state index contributed by atoms with van der Waals surface area (Å²) in [7, 11) is 0. The first-order chi connectivity index (χ1) is 7.36. The number of rotatable bonds is 4. The van der Waals surface area contributed by atoms with Crippen LogP contribution in [-0.2, 0) is 6.42 Å². The molecule has 2 rings (SSSR count). The molecule has 0 amide bonds. The second-order valence-electron chi connectivity index (χ2n) is 3.84. The lowest BCUT2D eigenvalue weighted by Crippen LogP contribution is -1.96. The van der Waals surface area contributed by atoms with E-state index in [1.165, 1.54) is 5.56 Å². The monoisotopic (exact) mass is 201 g/mol. The van der Waals surface area contributed by atoms with Crippen molar-refractivity contribution in [3.05, 3.63) is 53.9 Å². The highest BCUT2D eigenvalue weighted by Crippen LogP contribution is 2.20. The van der Waals surface area contributed by atoms with Crippen molar-refractivity contribution in [1.82, 2.24) is 5.16 Å². The third-order valence-corrected chi connectivity index (χ3v) is 2.69. The molecule has 0 bridgehead atoms. The summed E-state index contributed by atoms with van der Waals surface area (Å²) in [5.74, 6) is 0.572. The Morgan fingerprint density at radius 2 is 2.00 bits per heavy atom. The molecule has 0 radical (unpaired) electrons. The second kappa shape index (κ2) is 4.78. The van der Waals surface area contributed by atoms with Crippen LogP contribution in [0.25, 0.3) is 0 Å². The largest absolute Gasteiger partial charge is 0.365 e. The fourth-order valence-corrected chi connectivity index (χ4v) is 1.68. The Kier molecular flexibility index (Phi) is 3.18. The first-order valence-corrected chi connectivity index (χ1v) is 5.30. The van der Waals surface area contributed by atoms with Crippen molar-refractivity contribution in [3.63, 3.8) is 0 Å². The van der Waals surface area contributed by atoms with Crippen molar-refractivity contribution in [1.29, 1.82) is 0 Å². The summed E-state index contributed by atoms with van der Waals surface area (Å²) < 4.78 is 4.80. The SMILES string of the molecule is CC(CCc1ccon1)c1ccccc1. The Bertz CT molecular complexity index is 380.